The fourth-order valence-corrected chi connectivity index (χ4v) is 6.07. The van der Waals surface area contributed by atoms with Crippen LogP contribution >= 0.6 is 0 Å². The summed E-state index contributed by atoms with van der Waals surface area (Å²) in [5, 5.41) is 4.68. The van der Waals surface area contributed by atoms with Gasteiger partial charge in [-0.25, -0.2) is 9.97 Å². The number of aryl methyl sites for hydroxylation is 3. The highest BCUT2D eigenvalue weighted by atomic mass is 15.2. The molecule has 5 heteroatoms. The van der Waals surface area contributed by atoms with Gasteiger partial charge in [-0.05, 0) is 67.4 Å². The molecule has 0 fully saturated rings. The van der Waals surface area contributed by atoms with E-state index in [1.807, 2.05) is 24.0 Å². The van der Waals surface area contributed by atoms with Crippen LogP contribution in [0.15, 0.2) is 109 Å². The Balaban J connectivity index is 1.52. The van der Waals surface area contributed by atoms with Crippen molar-refractivity contribution in [2.24, 2.45) is 7.05 Å². The highest BCUT2D eigenvalue weighted by Gasteiger charge is 2.21. The minimum absolute atomic E-state index is 0.847. The van der Waals surface area contributed by atoms with Crippen molar-refractivity contribution < 1.29 is 0 Å². The monoisotopic (exact) mass is 517 g/mol. The Hall–Kier alpha value is -5.16. The standard InChI is InChI=1S/C35H27N5/c1-22-12-14-31-27(18-22)29-21-30-28-19-23(2)13-15-32(28)40(35-36-16-17-38(35)3)34(30)37-33(29)39(31)26-11-7-10-25(20-26)24-8-5-4-6-9-24/h4-21H,1-3H3. The third kappa shape index (κ3) is 3.27. The van der Waals surface area contributed by atoms with E-state index in [2.05, 4.69) is 120 Å². The van der Waals surface area contributed by atoms with Crippen LogP contribution < -0.4 is 0 Å². The van der Waals surface area contributed by atoms with Gasteiger partial charge in [0.2, 0.25) is 5.95 Å². The van der Waals surface area contributed by atoms with Crippen LogP contribution in [0.3, 0.4) is 0 Å². The smallest absolute Gasteiger partial charge is 0.215 e. The van der Waals surface area contributed by atoms with Gasteiger partial charge in [-0.15, -0.1) is 0 Å². The first-order chi connectivity index (χ1) is 19.6. The van der Waals surface area contributed by atoms with E-state index in [1.165, 1.54) is 33.0 Å². The molecule has 0 unspecified atom stereocenters. The maximum absolute atomic E-state index is 5.46. The Kier molecular flexibility index (Phi) is 4.80. The molecule has 0 aliphatic rings. The molecule has 4 aromatic carbocycles. The third-order valence-electron chi connectivity index (χ3n) is 7.98. The van der Waals surface area contributed by atoms with Gasteiger partial charge in [-0.2, -0.15) is 0 Å². The average molecular weight is 518 g/mol. The maximum atomic E-state index is 5.46. The molecule has 4 aromatic heterocycles. The molecule has 0 radical (unpaired) electrons. The van der Waals surface area contributed by atoms with E-state index in [9.17, 15) is 0 Å². The van der Waals surface area contributed by atoms with Crippen LogP contribution in [0.25, 0.3) is 66.6 Å². The van der Waals surface area contributed by atoms with Crippen molar-refractivity contribution in [3.63, 3.8) is 0 Å². The molecule has 192 valence electrons. The number of benzene rings is 4. The van der Waals surface area contributed by atoms with Crippen molar-refractivity contribution in [2.45, 2.75) is 13.8 Å². The van der Waals surface area contributed by atoms with Crippen LogP contribution in [0.4, 0.5) is 0 Å². The summed E-state index contributed by atoms with van der Waals surface area (Å²) in [6.07, 6.45) is 3.82. The third-order valence-corrected chi connectivity index (χ3v) is 7.98. The number of nitrogens with zero attached hydrogens (tertiary/aromatic N) is 5. The van der Waals surface area contributed by atoms with E-state index in [1.54, 1.807) is 0 Å². The molecule has 8 aromatic rings. The lowest BCUT2D eigenvalue weighted by Gasteiger charge is -2.11. The topological polar surface area (TPSA) is 40.6 Å². The molecule has 0 amide bonds. The van der Waals surface area contributed by atoms with Crippen LogP contribution in [0.5, 0.6) is 0 Å². The Morgan fingerprint density at radius 1 is 0.575 bits per heavy atom. The van der Waals surface area contributed by atoms with Crippen molar-refractivity contribution in [1.82, 2.24) is 23.7 Å². The van der Waals surface area contributed by atoms with Crippen LogP contribution in [0.1, 0.15) is 11.1 Å². The Morgan fingerprint density at radius 3 is 1.90 bits per heavy atom. The van der Waals surface area contributed by atoms with Crippen molar-refractivity contribution in [2.75, 3.05) is 0 Å². The minimum atomic E-state index is 0.847. The summed E-state index contributed by atoms with van der Waals surface area (Å²) in [6.45, 7) is 4.30. The number of fused-ring (bicyclic) bond motifs is 6. The van der Waals surface area contributed by atoms with Crippen LogP contribution in [0, 0.1) is 13.8 Å². The Bertz CT molecular complexity index is 2250. The maximum Gasteiger partial charge on any atom is 0.215 e. The predicted molar refractivity (Wildman–Crippen MR) is 165 cm³/mol. The number of hydrogen-bond acceptors (Lipinski definition) is 2. The first-order valence-corrected chi connectivity index (χ1v) is 13.6. The second kappa shape index (κ2) is 8.42. The molecule has 8 rings (SSSR count). The first-order valence-electron chi connectivity index (χ1n) is 13.6. The number of imidazole rings is 1. The fraction of sp³-hybridized carbons (Fsp3) is 0.0857. The second-order valence-electron chi connectivity index (χ2n) is 10.7. The zero-order valence-corrected chi connectivity index (χ0v) is 22.6. The highest BCUT2D eigenvalue weighted by Crippen LogP contribution is 2.38. The highest BCUT2D eigenvalue weighted by molar-refractivity contribution is 6.16. The quantitative estimate of drug-likeness (QED) is 0.237. The molecule has 40 heavy (non-hydrogen) atoms. The normalized spacial score (nSPS) is 11.9. The SMILES string of the molecule is Cc1ccc2c(c1)c1cc3c4cc(C)ccc4n(-c4nccn4C)c3nc1n2-c1cccc(-c2ccccc2)c1. The molecule has 0 saturated carbocycles. The zero-order valence-electron chi connectivity index (χ0n) is 22.6. The van der Waals surface area contributed by atoms with E-state index >= 15 is 0 Å². The average Bonchev–Trinajstić information content (AvgIpc) is 3.63. The minimum Gasteiger partial charge on any atom is -0.320 e. The summed E-state index contributed by atoms with van der Waals surface area (Å²) in [6, 6.07) is 34.9. The van der Waals surface area contributed by atoms with Crippen LogP contribution in [-0.2, 0) is 7.05 Å². The summed E-state index contributed by atoms with van der Waals surface area (Å²) in [4.78, 5) is 10.2. The predicted octanol–water partition coefficient (Wildman–Crippen LogP) is 8.29. The largest absolute Gasteiger partial charge is 0.320 e. The number of pyridine rings is 1. The molecule has 5 nitrogen and oxygen atoms in total. The molecule has 0 N–H and O–H groups in total. The van der Waals surface area contributed by atoms with Gasteiger partial charge >= 0.3 is 0 Å². The van der Waals surface area contributed by atoms with E-state index in [4.69, 9.17) is 9.97 Å². The van der Waals surface area contributed by atoms with E-state index in [0.717, 1.165) is 44.7 Å². The van der Waals surface area contributed by atoms with E-state index < -0.39 is 0 Å². The molecule has 4 heterocycles. The number of aromatic nitrogens is 5. The summed E-state index contributed by atoms with van der Waals surface area (Å²) in [5.74, 6) is 0.847. The second-order valence-corrected chi connectivity index (χ2v) is 10.7. The summed E-state index contributed by atoms with van der Waals surface area (Å²) < 4.78 is 6.55. The molecule has 0 aliphatic heterocycles. The molecule has 0 bridgehead atoms. The van der Waals surface area contributed by atoms with Gasteiger partial charge in [0.25, 0.3) is 0 Å². The molecule has 0 saturated heterocycles. The Morgan fingerprint density at radius 2 is 1.23 bits per heavy atom. The lowest BCUT2D eigenvalue weighted by molar-refractivity contribution is 0.842. The van der Waals surface area contributed by atoms with Crippen molar-refractivity contribution in [1.29, 1.82) is 0 Å². The van der Waals surface area contributed by atoms with E-state index in [0.29, 0.717) is 0 Å². The first kappa shape index (κ1) is 22.8. The molecular formula is C35H27N5. The van der Waals surface area contributed by atoms with E-state index in [-0.39, 0.29) is 0 Å². The molecular weight excluding hydrogens is 490 g/mol. The lowest BCUT2D eigenvalue weighted by Crippen LogP contribution is -2.04. The van der Waals surface area contributed by atoms with Crippen molar-refractivity contribution in [3.8, 4) is 22.8 Å². The van der Waals surface area contributed by atoms with Gasteiger partial charge in [0.1, 0.15) is 11.3 Å². The summed E-state index contributed by atoms with van der Waals surface area (Å²) >= 11 is 0. The van der Waals surface area contributed by atoms with Crippen LogP contribution in [0.2, 0.25) is 0 Å². The van der Waals surface area contributed by atoms with Crippen LogP contribution in [-0.4, -0.2) is 23.7 Å². The van der Waals surface area contributed by atoms with Crippen molar-refractivity contribution in [3.05, 3.63) is 121 Å². The number of hydrogen-bond donors (Lipinski definition) is 0. The van der Waals surface area contributed by atoms with Gasteiger partial charge < -0.3 is 4.57 Å². The molecule has 0 aliphatic carbocycles. The fourth-order valence-electron chi connectivity index (χ4n) is 6.07. The van der Waals surface area contributed by atoms with Gasteiger partial charge in [0.15, 0.2) is 0 Å². The van der Waals surface area contributed by atoms with Gasteiger partial charge in [0, 0.05) is 46.7 Å². The summed E-state index contributed by atoms with van der Waals surface area (Å²) in [5.41, 5.74) is 10.0. The molecule has 0 atom stereocenters. The Labute approximate surface area is 231 Å². The van der Waals surface area contributed by atoms with Crippen molar-refractivity contribution >= 4 is 43.9 Å². The van der Waals surface area contributed by atoms with Gasteiger partial charge in [-0.1, -0.05) is 65.7 Å². The summed E-state index contributed by atoms with van der Waals surface area (Å²) in [7, 11) is 2.03. The van der Waals surface area contributed by atoms with Gasteiger partial charge in [0.05, 0.1) is 11.0 Å². The zero-order chi connectivity index (χ0) is 27.0. The molecule has 0 spiro atoms. The number of rotatable bonds is 3. The lowest BCUT2D eigenvalue weighted by atomic mass is 10.1. The van der Waals surface area contributed by atoms with Gasteiger partial charge in [-0.3, -0.25) is 9.13 Å².